The summed E-state index contributed by atoms with van der Waals surface area (Å²) in [5, 5.41) is 3.82. The van der Waals surface area contributed by atoms with Gasteiger partial charge in [0.25, 0.3) is 0 Å². The zero-order chi connectivity index (χ0) is 13.2. The normalized spacial score (nSPS) is 10.9. The summed E-state index contributed by atoms with van der Waals surface area (Å²) in [6.45, 7) is -5.04. The Labute approximate surface area is 150 Å². The summed E-state index contributed by atoms with van der Waals surface area (Å²) < 4.78 is 44.1. The minimum atomic E-state index is -5.07. The molecular weight excluding hydrogens is 287 g/mol. The van der Waals surface area contributed by atoms with Gasteiger partial charge in [0, 0.05) is 13.2 Å². The molecular formula is C9H9BF3KN4O. The molecule has 0 spiro atoms. The van der Waals surface area contributed by atoms with E-state index in [0.717, 1.165) is 12.3 Å². The minimum Gasteiger partial charge on any atom is -0.484 e. The number of pyridine rings is 1. The number of halogens is 3. The van der Waals surface area contributed by atoms with Gasteiger partial charge in [0.05, 0.1) is 6.20 Å². The Hall–Kier alpha value is -0.419. The van der Waals surface area contributed by atoms with Crippen LogP contribution < -0.4 is 61.6 Å². The number of aryl methyl sites for hydroxylation is 1. The largest absolute Gasteiger partial charge is 1.00 e. The summed E-state index contributed by atoms with van der Waals surface area (Å²) in [4.78, 5) is 7.39. The predicted molar refractivity (Wildman–Crippen MR) is 58.3 cm³/mol. The van der Waals surface area contributed by atoms with Gasteiger partial charge in [-0.25, -0.2) is 4.98 Å². The van der Waals surface area contributed by atoms with Crippen LogP contribution in [0.1, 0.15) is 5.82 Å². The third kappa shape index (κ3) is 4.56. The maximum atomic E-state index is 12.5. The zero-order valence-electron chi connectivity index (χ0n) is 10.4. The van der Waals surface area contributed by atoms with Crippen molar-refractivity contribution in [2.75, 3.05) is 0 Å². The van der Waals surface area contributed by atoms with Gasteiger partial charge in [-0.3, -0.25) is 9.67 Å². The van der Waals surface area contributed by atoms with Crippen molar-refractivity contribution in [3.8, 4) is 5.75 Å². The summed E-state index contributed by atoms with van der Waals surface area (Å²) in [6, 6.07) is 0.920. The Morgan fingerprint density at radius 3 is 2.63 bits per heavy atom. The van der Waals surface area contributed by atoms with Crippen molar-refractivity contribution in [1.82, 2.24) is 19.7 Å². The van der Waals surface area contributed by atoms with Crippen LogP contribution in [0.4, 0.5) is 12.9 Å². The van der Waals surface area contributed by atoms with Crippen molar-refractivity contribution in [1.29, 1.82) is 0 Å². The van der Waals surface area contributed by atoms with E-state index < -0.39 is 12.4 Å². The van der Waals surface area contributed by atoms with Crippen molar-refractivity contribution in [2.24, 2.45) is 7.05 Å². The Morgan fingerprint density at radius 1 is 1.32 bits per heavy atom. The molecule has 0 aliphatic heterocycles. The fourth-order valence-corrected chi connectivity index (χ4v) is 1.29. The van der Waals surface area contributed by atoms with E-state index in [1.807, 2.05) is 0 Å². The van der Waals surface area contributed by atoms with E-state index >= 15 is 0 Å². The Balaban J connectivity index is 0.00000180. The third-order valence-corrected chi connectivity index (χ3v) is 2.29. The van der Waals surface area contributed by atoms with Crippen LogP contribution in [-0.4, -0.2) is 26.7 Å². The van der Waals surface area contributed by atoms with Gasteiger partial charge in [-0.1, -0.05) is 5.46 Å². The molecule has 2 aromatic heterocycles. The van der Waals surface area contributed by atoms with Crippen molar-refractivity contribution >= 4 is 12.4 Å². The second-order valence-corrected chi connectivity index (χ2v) is 3.62. The Bertz CT molecular complexity index is 548. The number of rotatable bonds is 4. The average molecular weight is 296 g/mol. The van der Waals surface area contributed by atoms with Gasteiger partial charge >= 0.3 is 58.4 Å². The first-order valence-electron chi connectivity index (χ1n) is 5.07. The molecule has 5 nitrogen and oxygen atoms in total. The monoisotopic (exact) mass is 296 g/mol. The molecule has 0 saturated carbocycles. The van der Waals surface area contributed by atoms with E-state index in [9.17, 15) is 12.9 Å². The number of aromatic nitrogens is 4. The molecule has 0 radical (unpaired) electrons. The van der Waals surface area contributed by atoms with Crippen LogP contribution in [0, 0.1) is 0 Å². The molecule has 0 fully saturated rings. The predicted octanol–water partition coefficient (Wildman–Crippen LogP) is -2.15. The van der Waals surface area contributed by atoms with Crippen molar-refractivity contribution in [3.63, 3.8) is 0 Å². The summed E-state index contributed by atoms with van der Waals surface area (Å²) >= 11 is 0. The van der Waals surface area contributed by atoms with Crippen LogP contribution in [0.5, 0.6) is 5.75 Å². The van der Waals surface area contributed by atoms with Gasteiger partial charge in [0.1, 0.15) is 18.7 Å². The molecule has 19 heavy (non-hydrogen) atoms. The molecule has 0 bridgehead atoms. The number of ether oxygens (including phenoxy) is 1. The molecule has 0 aromatic carbocycles. The molecule has 0 saturated heterocycles. The van der Waals surface area contributed by atoms with Crippen molar-refractivity contribution in [3.05, 3.63) is 30.6 Å². The third-order valence-electron chi connectivity index (χ3n) is 2.29. The Kier molecular flexibility index (Phi) is 5.99. The number of hydrogen-bond donors (Lipinski definition) is 0. The average Bonchev–Trinajstić information content (AvgIpc) is 2.72. The van der Waals surface area contributed by atoms with Gasteiger partial charge in [-0.2, -0.15) is 5.10 Å². The zero-order valence-corrected chi connectivity index (χ0v) is 13.5. The standard InChI is InChI=1S/C9H9BF3N4O.K/c1-17-9(15-6-16-17)5-18-8-2-7(3-14-4-8)10(11,12)13;/h2-4,6H,5H2,1H3;/q-1;+1. The van der Waals surface area contributed by atoms with Gasteiger partial charge in [-0.15, -0.1) is 0 Å². The summed E-state index contributed by atoms with van der Waals surface area (Å²) in [5.41, 5.74) is -0.787. The fraction of sp³-hybridized carbons (Fsp3) is 0.222. The second-order valence-electron chi connectivity index (χ2n) is 3.62. The van der Waals surface area contributed by atoms with Gasteiger partial charge < -0.3 is 17.7 Å². The Morgan fingerprint density at radius 2 is 2.05 bits per heavy atom. The van der Waals surface area contributed by atoms with Crippen LogP contribution >= 0.6 is 0 Å². The van der Waals surface area contributed by atoms with E-state index in [-0.39, 0.29) is 63.7 Å². The summed E-state index contributed by atoms with van der Waals surface area (Å²) in [5.74, 6) is 0.563. The van der Waals surface area contributed by atoms with Gasteiger partial charge in [0.2, 0.25) is 0 Å². The fourth-order valence-electron chi connectivity index (χ4n) is 1.29. The first-order chi connectivity index (χ1) is 8.47. The second kappa shape index (κ2) is 6.84. The minimum absolute atomic E-state index is 0. The van der Waals surface area contributed by atoms with Crippen molar-refractivity contribution < 1.29 is 69.1 Å². The van der Waals surface area contributed by atoms with Crippen LogP contribution in [0.15, 0.2) is 24.8 Å². The van der Waals surface area contributed by atoms with Gasteiger partial charge in [-0.05, 0) is 6.07 Å². The molecule has 2 rings (SSSR count). The van der Waals surface area contributed by atoms with E-state index in [2.05, 4.69) is 15.1 Å². The van der Waals surface area contributed by atoms with Crippen LogP contribution in [-0.2, 0) is 13.7 Å². The van der Waals surface area contributed by atoms with E-state index in [1.165, 1.54) is 17.2 Å². The van der Waals surface area contributed by atoms with Crippen LogP contribution in [0.2, 0.25) is 0 Å². The smallest absolute Gasteiger partial charge is 0.484 e. The van der Waals surface area contributed by atoms with Crippen molar-refractivity contribution in [2.45, 2.75) is 6.61 Å². The molecule has 96 valence electrons. The molecule has 10 heteroatoms. The topological polar surface area (TPSA) is 52.8 Å². The maximum Gasteiger partial charge on any atom is 1.00 e. The summed E-state index contributed by atoms with van der Waals surface area (Å²) in [6.07, 6.45) is 3.34. The number of hydrogen-bond acceptors (Lipinski definition) is 4. The molecule has 0 atom stereocenters. The summed E-state index contributed by atoms with van der Waals surface area (Å²) in [7, 11) is 1.67. The first-order valence-corrected chi connectivity index (χ1v) is 5.07. The quantitative estimate of drug-likeness (QED) is 0.604. The first kappa shape index (κ1) is 16.6. The molecule has 2 heterocycles. The molecule has 2 aromatic rings. The van der Waals surface area contributed by atoms with Gasteiger partial charge in [0.15, 0.2) is 5.82 Å². The SMILES string of the molecule is Cn1ncnc1COc1cncc([B-](F)(F)F)c1.[K+]. The van der Waals surface area contributed by atoms with E-state index in [0.29, 0.717) is 5.82 Å². The molecule has 0 aliphatic rings. The van der Waals surface area contributed by atoms with E-state index in [4.69, 9.17) is 4.74 Å². The van der Waals surface area contributed by atoms with Crippen LogP contribution in [0.25, 0.3) is 0 Å². The number of nitrogens with zero attached hydrogens (tertiary/aromatic N) is 4. The maximum absolute atomic E-state index is 12.5. The van der Waals surface area contributed by atoms with Crippen LogP contribution in [0.3, 0.4) is 0 Å². The molecule has 0 amide bonds. The molecule has 0 aliphatic carbocycles. The molecule has 0 N–H and O–H groups in total. The van der Waals surface area contributed by atoms with E-state index in [1.54, 1.807) is 7.05 Å². The molecule has 0 unspecified atom stereocenters.